The monoisotopic (exact) mass is 559 g/mol. The summed E-state index contributed by atoms with van der Waals surface area (Å²) in [6.45, 7) is 0.401. The largest absolute Gasteiger partial charge is 0.482 e. The molecule has 11 nitrogen and oxygen atoms in total. The van der Waals surface area contributed by atoms with Crippen molar-refractivity contribution in [1.29, 1.82) is 0 Å². The maximum atomic E-state index is 14.0. The van der Waals surface area contributed by atoms with E-state index in [2.05, 4.69) is 10.1 Å². The van der Waals surface area contributed by atoms with Crippen molar-refractivity contribution in [3.05, 3.63) is 77.9 Å². The zero-order valence-corrected chi connectivity index (χ0v) is 23.3. The fourth-order valence-corrected chi connectivity index (χ4v) is 5.51. The van der Waals surface area contributed by atoms with Crippen LogP contribution >= 0.6 is 0 Å². The van der Waals surface area contributed by atoms with Gasteiger partial charge in [-0.15, -0.1) is 0 Å². The van der Waals surface area contributed by atoms with E-state index in [0.717, 1.165) is 21.9 Å². The number of esters is 1. The van der Waals surface area contributed by atoms with Gasteiger partial charge in [0.2, 0.25) is 11.8 Å². The Labute approximate surface area is 238 Å². The molecule has 0 saturated carbocycles. The van der Waals surface area contributed by atoms with Gasteiger partial charge in [-0.2, -0.15) is 5.01 Å². The summed E-state index contributed by atoms with van der Waals surface area (Å²) < 4.78 is 10.0. The van der Waals surface area contributed by atoms with Crippen molar-refractivity contribution in [2.45, 2.75) is 25.2 Å². The van der Waals surface area contributed by atoms with Crippen LogP contribution < -0.4 is 10.1 Å². The summed E-state index contributed by atoms with van der Waals surface area (Å²) in [4.78, 5) is 54.7. The molecule has 0 bridgehead atoms. The fraction of sp³-hybridized carbons (Fsp3) is 0.333. The van der Waals surface area contributed by atoms with Crippen molar-refractivity contribution < 1.29 is 28.7 Å². The van der Waals surface area contributed by atoms with E-state index in [1.165, 1.54) is 19.2 Å². The zero-order chi connectivity index (χ0) is 29.1. The highest BCUT2D eigenvalue weighted by Crippen LogP contribution is 2.31. The lowest BCUT2D eigenvalue weighted by Crippen LogP contribution is -2.65. The van der Waals surface area contributed by atoms with Gasteiger partial charge < -0.3 is 24.6 Å². The Hall–Kier alpha value is -4.64. The number of ether oxygens (including phenoxy) is 2. The molecular formula is C30H33N5O6. The number of hydrogen-bond acceptors (Lipinski definition) is 7. The Morgan fingerprint density at radius 2 is 1.76 bits per heavy atom. The molecule has 2 fully saturated rings. The summed E-state index contributed by atoms with van der Waals surface area (Å²) in [5.74, 6) is -0.372. The van der Waals surface area contributed by atoms with Gasteiger partial charge in [-0.05, 0) is 34.0 Å². The number of carbonyl (C=O) groups excluding carboxylic acids is 4. The molecule has 4 amide bonds. The molecule has 41 heavy (non-hydrogen) atoms. The lowest BCUT2D eigenvalue weighted by atomic mass is 9.99. The van der Waals surface area contributed by atoms with Gasteiger partial charge in [0.15, 0.2) is 6.61 Å². The number of rotatable bonds is 8. The summed E-state index contributed by atoms with van der Waals surface area (Å²) in [6.07, 6.45) is -0.229. The van der Waals surface area contributed by atoms with Gasteiger partial charge in [-0.25, -0.2) is 9.59 Å². The third-order valence-electron chi connectivity index (χ3n) is 7.64. The Morgan fingerprint density at radius 3 is 2.49 bits per heavy atom. The summed E-state index contributed by atoms with van der Waals surface area (Å²) >= 11 is 0. The Balaban J connectivity index is 1.44. The maximum Gasteiger partial charge on any atom is 0.343 e. The van der Waals surface area contributed by atoms with Gasteiger partial charge in [-0.3, -0.25) is 14.6 Å². The van der Waals surface area contributed by atoms with E-state index in [1.54, 1.807) is 34.0 Å². The molecule has 0 unspecified atom stereocenters. The van der Waals surface area contributed by atoms with Crippen molar-refractivity contribution in [2.75, 3.05) is 40.9 Å². The molecule has 2 heterocycles. The van der Waals surface area contributed by atoms with Crippen LogP contribution in [0.1, 0.15) is 11.1 Å². The number of hydrazine groups is 1. The second-order valence-electron chi connectivity index (χ2n) is 10.0. The minimum atomic E-state index is -0.763. The summed E-state index contributed by atoms with van der Waals surface area (Å²) in [5, 5.41) is 7.86. The summed E-state index contributed by atoms with van der Waals surface area (Å²) in [7, 11) is 4.44. The first-order valence-corrected chi connectivity index (χ1v) is 13.4. The molecule has 0 aromatic heterocycles. The zero-order valence-electron chi connectivity index (χ0n) is 23.3. The Bertz CT molecular complexity index is 1460. The van der Waals surface area contributed by atoms with Crippen LogP contribution in [0.4, 0.5) is 4.79 Å². The molecule has 2 atom stereocenters. The first-order chi connectivity index (χ1) is 19.8. The highest BCUT2D eigenvalue weighted by atomic mass is 16.6. The molecule has 2 aliphatic heterocycles. The van der Waals surface area contributed by atoms with Crippen molar-refractivity contribution in [3.8, 4) is 5.75 Å². The molecule has 2 aliphatic rings. The normalized spacial score (nSPS) is 18.8. The Morgan fingerprint density at radius 1 is 1.02 bits per heavy atom. The number of urea groups is 1. The van der Waals surface area contributed by atoms with Crippen molar-refractivity contribution in [3.63, 3.8) is 0 Å². The average molecular weight is 560 g/mol. The van der Waals surface area contributed by atoms with E-state index < -0.39 is 18.2 Å². The molecule has 11 heteroatoms. The first kappa shape index (κ1) is 27.9. The van der Waals surface area contributed by atoms with Gasteiger partial charge >= 0.3 is 12.0 Å². The standard InChI is InChI=1S/C30H33N5O6/c1-31-30(39)32(2)34-18-27(36)35-25(15-20-11-13-23(14-12-20)41-19-28(37)40-3)29(38)33(17-26(34)35)16-22-9-6-8-21-7-4-5-10-24(21)22/h4-14,25-26H,15-19H2,1-3H3,(H,31,39)/t25-,26+/m0/s1. The van der Waals surface area contributed by atoms with Crippen LogP contribution in [0.25, 0.3) is 10.8 Å². The molecule has 5 rings (SSSR count). The van der Waals surface area contributed by atoms with E-state index in [9.17, 15) is 19.2 Å². The number of carbonyl (C=O) groups is 4. The second-order valence-corrected chi connectivity index (χ2v) is 10.0. The summed E-state index contributed by atoms with van der Waals surface area (Å²) in [5.41, 5.74) is 1.83. The molecule has 0 aliphatic carbocycles. The third kappa shape index (κ3) is 5.66. The van der Waals surface area contributed by atoms with E-state index in [-0.39, 0.29) is 44.0 Å². The number of amides is 4. The number of piperazine rings is 1. The lowest BCUT2D eigenvalue weighted by Gasteiger charge is -2.45. The van der Waals surface area contributed by atoms with Gasteiger partial charge in [0.25, 0.3) is 0 Å². The van der Waals surface area contributed by atoms with E-state index >= 15 is 0 Å². The van der Waals surface area contributed by atoms with Gasteiger partial charge in [0.1, 0.15) is 18.0 Å². The van der Waals surface area contributed by atoms with Crippen LogP contribution in [-0.2, 0) is 32.1 Å². The Kier molecular flexibility index (Phi) is 8.06. The van der Waals surface area contributed by atoms with Crippen molar-refractivity contribution >= 4 is 34.6 Å². The number of methoxy groups -OCH3 is 1. The summed E-state index contributed by atoms with van der Waals surface area (Å²) in [6, 6.07) is 20.0. The van der Waals surface area contributed by atoms with Gasteiger partial charge in [-0.1, -0.05) is 54.6 Å². The van der Waals surface area contributed by atoms with Crippen LogP contribution in [-0.4, -0.2) is 96.7 Å². The van der Waals surface area contributed by atoms with Gasteiger partial charge in [0.05, 0.1) is 20.2 Å². The van der Waals surface area contributed by atoms with Crippen molar-refractivity contribution in [1.82, 2.24) is 25.1 Å². The van der Waals surface area contributed by atoms with E-state index in [4.69, 9.17) is 4.74 Å². The number of fused-ring (bicyclic) bond motifs is 2. The lowest BCUT2D eigenvalue weighted by molar-refractivity contribution is -0.157. The van der Waals surface area contributed by atoms with Crippen LogP contribution in [0, 0.1) is 0 Å². The number of benzene rings is 3. The molecule has 214 valence electrons. The number of nitrogens with one attached hydrogen (secondary N) is 1. The highest BCUT2D eigenvalue weighted by Gasteiger charge is 2.51. The molecule has 2 saturated heterocycles. The highest BCUT2D eigenvalue weighted by molar-refractivity contribution is 5.92. The fourth-order valence-electron chi connectivity index (χ4n) is 5.51. The minimum Gasteiger partial charge on any atom is -0.482 e. The van der Waals surface area contributed by atoms with Crippen LogP contribution in [0.15, 0.2) is 66.7 Å². The van der Waals surface area contributed by atoms with Crippen molar-refractivity contribution in [2.24, 2.45) is 0 Å². The maximum absolute atomic E-state index is 14.0. The topological polar surface area (TPSA) is 112 Å². The van der Waals surface area contributed by atoms with E-state index in [1.807, 2.05) is 54.6 Å². The number of nitrogens with zero attached hydrogens (tertiary/aromatic N) is 4. The smallest absolute Gasteiger partial charge is 0.343 e. The van der Waals surface area contributed by atoms with E-state index in [0.29, 0.717) is 12.3 Å². The van der Waals surface area contributed by atoms with Gasteiger partial charge in [0, 0.05) is 27.1 Å². The molecule has 0 spiro atoms. The molecular weight excluding hydrogens is 526 g/mol. The molecule has 3 aromatic rings. The molecule has 1 N–H and O–H groups in total. The van der Waals surface area contributed by atoms with Crippen LogP contribution in [0.5, 0.6) is 5.75 Å². The SMILES string of the molecule is CNC(=O)N(C)N1CC(=O)N2[C@@H](Cc3ccc(OCC(=O)OC)cc3)C(=O)N(Cc3cccc4ccccc34)C[C@@H]21. The predicted octanol–water partition coefficient (Wildman–Crippen LogP) is 2.00. The first-order valence-electron chi connectivity index (χ1n) is 13.4. The number of hydrogen-bond donors (Lipinski definition) is 1. The molecule has 3 aromatic carbocycles. The molecule has 0 radical (unpaired) electrons. The van der Waals surface area contributed by atoms with Crippen LogP contribution in [0.3, 0.4) is 0 Å². The second kappa shape index (κ2) is 11.8. The predicted molar refractivity (Wildman–Crippen MR) is 150 cm³/mol. The van der Waals surface area contributed by atoms with Crippen LogP contribution in [0.2, 0.25) is 0 Å². The quantitative estimate of drug-likeness (QED) is 0.420. The third-order valence-corrected chi connectivity index (χ3v) is 7.64. The minimum absolute atomic E-state index is 0.0131. The average Bonchev–Trinajstić information content (AvgIpc) is 3.33.